The van der Waals surface area contributed by atoms with Gasteiger partial charge in [-0.1, -0.05) is 47.7 Å². The van der Waals surface area contributed by atoms with Crippen LogP contribution < -0.4 is 9.64 Å². The topological polar surface area (TPSA) is 45.7 Å². The number of thiazole rings is 1. The SMILES string of the molecule is CCOc1ccc2ccccc2c1C(=O)N1CCN(c2nc3cc(C)cc(C)c3s2)CC1. The highest BCUT2D eigenvalue weighted by molar-refractivity contribution is 7.22. The number of anilines is 1. The van der Waals surface area contributed by atoms with Gasteiger partial charge in [0.15, 0.2) is 5.13 Å². The zero-order valence-electron chi connectivity index (χ0n) is 18.7. The largest absolute Gasteiger partial charge is 0.493 e. The number of rotatable bonds is 4. The Kier molecular flexibility index (Phi) is 5.47. The summed E-state index contributed by atoms with van der Waals surface area (Å²) in [7, 11) is 0. The summed E-state index contributed by atoms with van der Waals surface area (Å²) < 4.78 is 7.09. The third kappa shape index (κ3) is 3.69. The molecule has 1 aromatic heterocycles. The van der Waals surface area contributed by atoms with Gasteiger partial charge in [0.25, 0.3) is 5.91 Å². The Hall–Kier alpha value is -3.12. The molecule has 5 rings (SSSR count). The molecule has 1 aliphatic heterocycles. The number of hydrogen-bond donors (Lipinski definition) is 0. The summed E-state index contributed by atoms with van der Waals surface area (Å²) in [5.41, 5.74) is 4.25. The fourth-order valence-corrected chi connectivity index (χ4v) is 5.57. The van der Waals surface area contributed by atoms with Crippen molar-refractivity contribution in [1.82, 2.24) is 9.88 Å². The zero-order chi connectivity index (χ0) is 22.2. The third-order valence-corrected chi connectivity index (χ3v) is 7.32. The van der Waals surface area contributed by atoms with E-state index in [2.05, 4.69) is 30.9 Å². The van der Waals surface area contributed by atoms with Crippen molar-refractivity contribution >= 4 is 43.4 Å². The van der Waals surface area contributed by atoms with E-state index in [1.54, 1.807) is 11.3 Å². The summed E-state index contributed by atoms with van der Waals surface area (Å²) in [5, 5.41) is 3.04. The maximum Gasteiger partial charge on any atom is 0.258 e. The van der Waals surface area contributed by atoms with Crippen LogP contribution in [-0.4, -0.2) is 48.6 Å². The van der Waals surface area contributed by atoms with Gasteiger partial charge < -0.3 is 14.5 Å². The van der Waals surface area contributed by atoms with Crippen LogP contribution in [0.25, 0.3) is 21.0 Å². The van der Waals surface area contributed by atoms with Gasteiger partial charge in [0.05, 0.1) is 22.4 Å². The highest BCUT2D eigenvalue weighted by Gasteiger charge is 2.27. The molecule has 3 aromatic carbocycles. The van der Waals surface area contributed by atoms with Crippen molar-refractivity contribution in [3.8, 4) is 5.75 Å². The standard InChI is InChI=1S/C26H27N3O2S/c1-4-31-22-10-9-19-7-5-6-8-20(19)23(22)25(30)28-11-13-29(14-12-28)26-27-21-16-17(2)15-18(3)24(21)32-26/h5-10,15-16H,4,11-14H2,1-3H3. The van der Waals surface area contributed by atoms with E-state index in [0.29, 0.717) is 31.0 Å². The Balaban J connectivity index is 1.38. The van der Waals surface area contributed by atoms with E-state index in [1.807, 2.05) is 48.2 Å². The van der Waals surface area contributed by atoms with Crippen molar-refractivity contribution in [3.63, 3.8) is 0 Å². The fourth-order valence-electron chi connectivity index (χ4n) is 4.51. The van der Waals surface area contributed by atoms with Gasteiger partial charge in [0, 0.05) is 26.2 Å². The molecule has 164 valence electrons. The normalized spacial score (nSPS) is 14.3. The number of ether oxygens (including phenoxy) is 1. The van der Waals surface area contributed by atoms with Crippen molar-refractivity contribution in [3.05, 3.63) is 65.2 Å². The number of piperazine rings is 1. The first-order chi connectivity index (χ1) is 15.5. The lowest BCUT2D eigenvalue weighted by atomic mass is 10.0. The number of nitrogens with zero attached hydrogens (tertiary/aromatic N) is 3. The Morgan fingerprint density at radius 2 is 1.84 bits per heavy atom. The van der Waals surface area contributed by atoms with Gasteiger partial charge in [0.2, 0.25) is 0 Å². The number of carbonyl (C=O) groups excluding carboxylic acids is 1. The summed E-state index contributed by atoms with van der Waals surface area (Å²) in [5.74, 6) is 0.705. The van der Waals surface area contributed by atoms with Crippen LogP contribution in [0.15, 0.2) is 48.5 Å². The van der Waals surface area contributed by atoms with Gasteiger partial charge in [-0.2, -0.15) is 0 Å². The van der Waals surface area contributed by atoms with Crippen LogP contribution in [0, 0.1) is 13.8 Å². The van der Waals surface area contributed by atoms with Gasteiger partial charge >= 0.3 is 0 Å². The first kappa shape index (κ1) is 20.8. The van der Waals surface area contributed by atoms with Gasteiger partial charge in [-0.05, 0) is 54.8 Å². The quantitative estimate of drug-likeness (QED) is 0.420. The molecule has 0 N–H and O–H groups in total. The minimum absolute atomic E-state index is 0.0423. The predicted molar refractivity (Wildman–Crippen MR) is 132 cm³/mol. The maximum atomic E-state index is 13.6. The van der Waals surface area contributed by atoms with Crippen LogP contribution in [0.4, 0.5) is 5.13 Å². The molecule has 1 aliphatic rings. The molecule has 5 nitrogen and oxygen atoms in total. The number of fused-ring (bicyclic) bond motifs is 2. The second kappa shape index (κ2) is 8.43. The van der Waals surface area contributed by atoms with Crippen molar-refractivity contribution in [2.75, 3.05) is 37.7 Å². The van der Waals surface area contributed by atoms with Gasteiger partial charge in [-0.3, -0.25) is 4.79 Å². The van der Waals surface area contributed by atoms with Gasteiger partial charge in [-0.15, -0.1) is 0 Å². The molecule has 4 aromatic rings. The lowest BCUT2D eigenvalue weighted by Crippen LogP contribution is -2.48. The Bertz CT molecular complexity index is 1310. The molecule has 0 aliphatic carbocycles. The molecule has 1 saturated heterocycles. The van der Waals surface area contributed by atoms with Gasteiger partial charge in [-0.25, -0.2) is 4.98 Å². The highest BCUT2D eigenvalue weighted by Crippen LogP contribution is 2.33. The molecule has 0 saturated carbocycles. The minimum atomic E-state index is 0.0423. The first-order valence-electron chi connectivity index (χ1n) is 11.1. The van der Waals surface area contributed by atoms with Crippen LogP contribution in [0.5, 0.6) is 5.75 Å². The average Bonchev–Trinajstić information content (AvgIpc) is 3.23. The fraction of sp³-hybridized carbons (Fsp3) is 0.308. The lowest BCUT2D eigenvalue weighted by molar-refractivity contribution is 0.0744. The molecule has 0 atom stereocenters. The van der Waals surface area contributed by atoms with E-state index >= 15 is 0 Å². The molecule has 2 heterocycles. The van der Waals surface area contributed by atoms with Gasteiger partial charge in [0.1, 0.15) is 5.75 Å². The smallest absolute Gasteiger partial charge is 0.258 e. The van der Waals surface area contributed by atoms with E-state index < -0.39 is 0 Å². The third-order valence-electron chi connectivity index (χ3n) is 6.05. The molecular formula is C26H27N3O2S. The number of carbonyl (C=O) groups is 1. The Labute approximate surface area is 192 Å². The van der Waals surface area contributed by atoms with Crippen LogP contribution in [0.2, 0.25) is 0 Å². The average molecular weight is 446 g/mol. The van der Waals surface area contributed by atoms with Crippen LogP contribution >= 0.6 is 11.3 Å². The molecule has 0 bridgehead atoms. The first-order valence-corrected chi connectivity index (χ1v) is 11.9. The van der Waals surface area contributed by atoms with E-state index in [9.17, 15) is 4.79 Å². The minimum Gasteiger partial charge on any atom is -0.493 e. The summed E-state index contributed by atoms with van der Waals surface area (Å²) in [4.78, 5) is 22.7. The van der Waals surface area contributed by atoms with E-state index in [-0.39, 0.29) is 5.91 Å². The predicted octanol–water partition coefficient (Wildman–Crippen LogP) is 5.43. The summed E-state index contributed by atoms with van der Waals surface area (Å²) >= 11 is 1.75. The summed E-state index contributed by atoms with van der Waals surface area (Å²) in [6.07, 6.45) is 0. The monoisotopic (exact) mass is 445 g/mol. The van der Waals surface area contributed by atoms with Crippen LogP contribution in [0.1, 0.15) is 28.4 Å². The number of hydrogen-bond acceptors (Lipinski definition) is 5. The molecule has 6 heteroatoms. The molecule has 0 unspecified atom stereocenters. The zero-order valence-corrected chi connectivity index (χ0v) is 19.5. The van der Waals surface area contributed by atoms with E-state index in [1.165, 1.54) is 15.8 Å². The van der Waals surface area contributed by atoms with Crippen LogP contribution in [0.3, 0.4) is 0 Å². The van der Waals surface area contributed by atoms with Crippen molar-refractivity contribution in [2.24, 2.45) is 0 Å². The second-order valence-electron chi connectivity index (χ2n) is 8.30. The Morgan fingerprint density at radius 3 is 2.62 bits per heavy atom. The lowest BCUT2D eigenvalue weighted by Gasteiger charge is -2.35. The molecule has 1 amide bonds. The number of benzene rings is 3. The van der Waals surface area contributed by atoms with Crippen molar-refractivity contribution in [2.45, 2.75) is 20.8 Å². The molecule has 0 radical (unpaired) electrons. The summed E-state index contributed by atoms with van der Waals surface area (Å²) in [6.45, 7) is 9.62. The van der Waals surface area contributed by atoms with Crippen LogP contribution in [-0.2, 0) is 0 Å². The van der Waals surface area contributed by atoms with E-state index in [0.717, 1.165) is 34.5 Å². The number of amides is 1. The molecular weight excluding hydrogens is 418 g/mol. The molecule has 1 fully saturated rings. The van der Waals surface area contributed by atoms with E-state index in [4.69, 9.17) is 9.72 Å². The maximum absolute atomic E-state index is 13.6. The van der Waals surface area contributed by atoms with Crippen molar-refractivity contribution in [1.29, 1.82) is 0 Å². The molecule has 32 heavy (non-hydrogen) atoms. The molecule has 0 spiro atoms. The summed E-state index contributed by atoms with van der Waals surface area (Å²) in [6, 6.07) is 16.3. The highest BCUT2D eigenvalue weighted by atomic mass is 32.1. The number of aryl methyl sites for hydroxylation is 2. The van der Waals surface area contributed by atoms with Crippen molar-refractivity contribution < 1.29 is 9.53 Å². The Morgan fingerprint density at radius 1 is 1.06 bits per heavy atom. The number of aromatic nitrogens is 1. The second-order valence-corrected chi connectivity index (χ2v) is 9.28.